The Morgan fingerprint density at radius 1 is 1.26 bits per heavy atom. The highest BCUT2D eigenvalue weighted by Gasteiger charge is 2.16. The zero-order chi connectivity index (χ0) is 14.3. The summed E-state index contributed by atoms with van der Waals surface area (Å²) in [5.74, 6) is 0. The van der Waals surface area contributed by atoms with Crippen molar-refractivity contribution in [2.75, 3.05) is 13.1 Å². The van der Waals surface area contributed by atoms with E-state index in [-0.39, 0.29) is 10.6 Å². The maximum atomic E-state index is 11.9. The van der Waals surface area contributed by atoms with E-state index >= 15 is 0 Å². The highest BCUT2D eigenvalue weighted by molar-refractivity contribution is 7.89. The number of hydrogen-bond acceptors (Lipinski definition) is 5. The van der Waals surface area contributed by atoms with Crippen LogP contribution >= 0.6 is 0 Å². The molecule has 0 unspecified atom stereocenters. The van der Waals surface area contributed by atoms with E-state index in [1.165, 1.54) is 18.2 Å². The Morgan fingerprint density at radius 3 is 2.63 bits per heavy atom. The van der Waals surface area contributed by atoms with E-state index in [2.05, 4.69) is 4.72 Å². The fourth-order valence-corrected chi connectivity index (χ4v) is 2.61. The standard InChI is InChI=1S/C11H17N3O4S/c12-7-2-1-3-8-13-19(17,18)11-6-4-5-10(9-11)14(15)16/h4-6,9,13H,1-3,7-8,12H2. The molecule has 0 radical (unpaired) electrons. The molecule has 19 heavy (non-hydrogen) atoms. The lowest BCUT2D eigenvalue weighted by Gasteiger charge is -2.06. The van der Waals surface area contributed by atoms with Crippen LogP contribution in [-0.2, 0) is 10.0 Å². The van der Waals surface area contributed by atoms with Crippen molar-refractivity contribution in [3.8, 4) is 0 Å². The van der Waals surface area contributed by atoms with Crippen molar-refractivity contribution in [3.63, 3.8) is 0 Å². The Balaban J connectivity index is 2.66. The molecule has 0 aliphatic rings. The topological polar surface area (TPSA) is 115 Å². The van der Waals surface area contributed by atoms with Crippen LogP contribution in [-0.4, -0.2) is 26.4 Å². The van der Waals surface area contributed by atoms with Crippen LogP contribution in [0.3, 0.4) is 0 Å². The van der Waals surface area contributed by atoms with Crippen LogP contribution < -0.4 is 10.5 Å². The number of benzene rings is 1. The lowest BCUT2D eigenvalue weighted by molar-refractivity contribution is -0.385. The molecule has 0 fully saturated rings. The maximum Gasteiger partial charge on any atom is 0.270 e. The predicted octanol–water partition coefficient (Wildman–Crippen LogP) is 1.00. The van der Waals surface area contributed by atoms with Crippen LogP contribution in [0.25, 0.3) is 0 Å². The summed E-state index contributed by atoms with van der Waals surface area (Å²) in [6, 6.07) is 4.97. The number of nitro benzene ring substituents is 1. The zero-order valence-electron chi connectivity index (χ0n) is 10.4. The molecule has 3 N–H and O–H groups in total. The third-order valence-corrected chi connectivity index (χ3v) is 3.97. The summed E-state index contributed by atoms with van der Waals surface area (Å²) >= 11 is 0. The number of rotatable bonds is 8. The number of unbranched alkanes of at least 4 members (excludes halogenated alkanes) is 2. The Hall–Kier alpha value is -1.51. The summed E-state index contributed by atoms with van der Waals surface area (Å²) < 4.78 is 26.2. The number of hydrogen-bond donors (Lipinski definition) is 2. The molecule has 0 saturated heterocycles. The van der Waals surface area contributed by atoms with Gasteiger partial charge in [-0.05, 0) is 25.5 Å². The Morgan fingerprint density at radius 2 is 2.00 bits per heavy atom. The fraction of sp³-hybridized carbons (Fsp3) is 0.455. The molecule has 8 heteroatoms. The van der Waals surface area contributed by atoms with Crippen LogP contribution in [0.1, 0.15) is 19.3 Å². The van der Waals surface area contributed by atoms with Crippen molar-refractivity contribution in [1.29, 1.82) is 0 Å². The second-order valence-corrected chi connectivity index (χ2v) is 5.77. The number of nitro groups is 1. The van der Waals surface area contributed by atoms with E-state index in [4.69, 9.17) is 5.73 Å². The Labute approximate surface area is 112 Å². The lowest BCUT2D eigenvalue weighted by Crippen LogP contribution is -2.24. The average Bonchev–Trinajstić information content (AvgIpc) is 2.38. The number of non-ortho nitro benzene ring substituents is 1. The van der Waals surface area contributed by atoms with Crippen molar-refractivity contribution in [2.24, 2.45) is 5.73 Å². The van der Waals surface area contributed by atoms with Crippen molar-refractivity contribution in [2.45, 2.75) is 24.2 Å². The summed E-state index contributed by atoms with van der Waals surface area (Å²) in [5, 5.41) is 10.6. The fourth-order valence-electron chi connectivity index (χ4n) is 1.50. The average molecular weight is 287 g/mol. The summed E-state index contributed by atoms with van der Waals surface area (Å²) in [6.45, 7) is 0.878. The highest BCUT2D eigenvalue weighted by atomic mass is 32.2. The monoisotopic (exact) mass is 287 g/mol. The van der Waals surface area contributed by atoms with E-state index in [9.17, 15) is 18.5 Å². The molecule has 7 nitrogen and oxygen atoms in total. The third-order valence-electron chi connectivity index (χ3n) is 2.51. The second-order valence-electron chi connectivity index (χ2n) is 4.00. The van der Waals surface area contributed by atoms with Gasteiger partial charge in [-0.2, -0.15) is 0 Å². The molecule has 106 valence electrons. The second kappa shape index (κ2) is 7.17. The molecule has 0 bridgehead atoms. The minimum absolute atomic E-state index is 0.0967. The normalized spacial score (nSPS) is 11.4. The molecule has 1 rings (SSSR count). The summed E-state index contributed by atoms with van der Waals surface area (Å²) in [4.78, 5) is 9.87. The van der Waals surface area contributed by atoms with Gasteiger partial charge in [-0.1, -0.05) is 12.5 Å². The summed E-state index contributed by atoms with van der Waals surface area (Å²) in [7, 11) is -3.69. The molecule has 1 aromatic rings. The molecule has 0 atom stereocenters. The first-order valence-corrected chi connectivity index (χ1v) is 7.40. The molecule has 0 aromatic heterocycles. The molecular formula is C11H17N3O4S. The van der Waals surface area contributed by atoms with Gasteiger partial charge in [-0.25, -0.2) is 13.1 Å². The number of nitrogens with zero attached hydrogens (tertiary/aromatic N) is 1. The summed E-state index contributed by atoms with van der Waals surface area (Å²) in [6.07, 6.45) is 2.37. The zero-order valence-corrected chi connectivity index (χ0v) is 11.2. The molecule has 0 amide bonds. The van der Waals surface area contributed by atoms with Gasteiger partial charge in [-0.3, -0.25) is 10.1 Å². The van der Waals surface area contributed by atoms with E-state index in [0.717, 1.165) is 18.9 Å². The van der Waals surface area contributed by atoms with Crippen LogP contribution in [0.5, 0.6) is 0 Å². The predicted molar refractivity (Wildman–Crippen MR) is 71.2 cm³/mol. The third kappa shape index (κ3) is 4.93. The number of sulfonamides is 1. The molecule has 0 aliphatic carbocycles. The number of nitrogens with one attached hydrogen (secondary N) is 1. The SMILES string of the molecule is NCCCCCNS(=O)(=O)c1cccc([N+](=O)[O-])c1. The summed E-state index contributed by atoms with van der Waals surface area (Å²) in [5.41, 5.74) is 5.09. The van der Waals surface area contributed by atoms with Crippen molar-refractivity contribution in [1.82, 2.24) is 4.72 Å². The van der Waals surface area contributed by atoms with Gasteiger partial charge in [0, 0.05) is 18.7 Å². The molecule has 0 heterocycles. The van der Waals surface area contributed by atoms with Gasteiger partial charge in [0.15, 0.2) is 0 Å². The lowest BCUT2D eigenvalue weighted by atomic mass is 10.2. The minimum Gasteiger partial charge on any atom is -0.330 e. The first kappa shape index (κ1) is 15.5. The molecule has 0 saturated carbocycles. The first-order valence-electron chi connectivity index (χ1n) is 5.91. The van der Waals surface area contributed by atoms with E-state index in [0.29, 0.717) is 19.5 Å². The van der Waals surface area contributed by atoms with E-state index < -0.39 is 14.9 Å². The number of nitrogens with two attached hydrogens (primary N) is 1. The first-order chi connectivity index (χ1) is 8.97. The van der Waals surface area contributed by atoms with Gasteiger partial charge >= 0.3 is 0 Å². The van der Waals surface area contributed by atoms with Crippen LogP contribution in [0.15, 0.2) is 29.2 Å². The Kier molecular flexibility index (Phi) is 5.87. The maximum absolute atomic E-state index is 11.9. The van der Waals surface area contributed by atoms with Crippen LogP contribution in [0.4, 0.5) is 5.69 Å². The minimum atomic E-state index is -3.69. The molecule has 0 spiro atoms. The van der Waals surface area contributed by atoms with E-state index in [1.54, 1.807) is 0 Å². The quantitative estimate of drug-likeness (QED) is 0.420. The molecule has 1 aromatic carbocycles. The van der Waals surface area contributed by atoms with Gasteiger partial charge < -0.3 is 5.73 Å². The largest absolute Gasteiger partial charge is 0.330 e. The van der Waals surface area contributed by atoms with Crippen LogP contribution in [0, 0.1) is 10.1 Å². The van der Waals surface area contributed by atoms with Gasteiger partial charge in [0.2, 0.25) is 10.0 Å². The van der Waals surface area contributed by atoms with Crippen molar-refractivity contribution < 1.29 is 13.3 Å². The van der Waals surface area contributed by atoms with E-state index in [1.807, 2.05) is 0 Å². The Bertz CT molecular complexity index is 530. The van der Waals surface area contributed by atoms with Crippen molar-refractivity contribution in [3.05, 3.63) is 34.4 Å². The van der Waals surface area contributed by atoms with Crippen LogP contribution in [0.2, 0.25) is 0 Å². The van der Waals surface area contributed by atoms with Gasteiger partial charge in [0.1, 0.15) is 0 Å². The van der Waals surface area contributed by atoms with Gasteiger partial charge in [0.05, 0.1) is 9.82 Å². The molecular weight excluding hydrogens is 270 g/mol. The van der Waals surface area contributed by atoms with Gasteiger partial charge in [-0.15, -0.1) is 0 Å². The highest BCUT2D eigenvalue weighted by Crippen LogP contribution is 2.17. The smallest absolute Gasteiger partial charge is 0.270 e. The van der Waals surface area contributed by atoms with Gasteiger partial charge in [0.25, 0.3) is 5.69 Å². The van der Waals surface area contributed by atoms with Crippen molar-refractivity contribution >= 4 is 15.7 Å². The molecule has 0 aliphatic heterocycles.